The van der Waals surface area contributed by atoms with Crippen molar-refractivity contribution in [2.24, 2.45) is 17.3 Å². The molecule has 1 fully saturated rings. The lowest BCUT2D eigenvalue weighted by molar-refractivity contribution is -0.111. The van der Waals surface area contributed by atoms with Crippen molar-refractivity contribution in [2.45, 2.75) is 111 Å². The predicted octanol–water partition coefficient (Wildman–Crippen LogP) is 6.40. The number of hydrogen-bond donors (Lipinski definition) is 3. The van der Waals surface area contributed by atoms with E-state index in [0.29, 0.717) is 12.6 Å². The molecule has 5 heteroatoms. The van der Waals surface area contributed by atoms with Crippen molar-refractivity contribution >= 4 is 0 Å². The average molecular weight is 492 g/mol. The van der Waals surface area contributed by atoms with E-state index in [-0.39, 0.29) is 28.2 Å². The highest BCUT2D eigenvalue weighted by Gasteiger charge is 2.42. The van der Waals surface area contributed by atoms with Crippen LogP contribution in [0, 0.1) is 24.2 Å². The lowest BCUT2D eigenvalue weighted by Crippen LogP contribution is -2.49. The van der Waals surface area contributed by atoms with Crippen LogP contribution in [0.25, 0.3) is 0 Å². The minimum absolute atomic E-state index is 0.0305. The molecule has 35 heavy (non-hydrogen) atoms. The van der Waals surface area contributed by atoms with E-state index in [1.165, 1.54) is 12.8 Å². The van der Waals surface area contributed by atoms with Gasteiger partial charge in [-0.1, -0.05) is 40.7 Å². The molecule has 5 nitrogen and oxygen atoms in total. The molecule has 4 atom stereocenters. The lowest BCUT2D eigenvalue weighted by atomic mass is 9.68. The molecule has 3 unspecified atom stereocenters. The van der Waals surface area contributed by atoms with Gasteiger partial charge < -0.3 is 25.0 Å². The van der Waals surface area contributed by atoms with Gasteiger partial charge in [-0.05, 0) is 94.2 Å². The molecule has 0 spiro atoms. The Bertz CT molecular complexity index is 811. The predicted molar refractivity (Wildman–Crippen MR) is 145 cm³/mol. The minimum atomic E-state index is -0.810. The Morgan fingerprint density at radius 2 is 1.71 bits per heavy atom. The third-order valence-corrected chi connectivity index (χ3v) is 9.13. The van der Waals surface area contributed by atoms with Crippen LogP contribution in [0.1, 0.15) is 98.1 Å². The van der Waals surface area contributed by atoms with Crippen molar-refractivity contribution in [1.29, 1.82) is 0 Å². The molecule has 0 bridgehead atoms. The van der Waals surface area contributed by atoms with E-state index < -0.39 is 5.60 Å². The number of methoxy groups -OCH3 is 1. The van der Waals surface area contributed by atoms with Gasteiger partial charge in [0.15, 0.2) is 11.5 Å². The van der Waals surface area contributed by atoms with Crippen LogP contribution < -0.4 is 0 Å². The Kier molecular flexibility index (Phi) is 10.1. The molecular formula is C30H53NO4. The first-order valence-corrected chi connectivity index (χ1v) is 13.6. The number of aromatic hydroxyl groups is 2. The van der Waals surface area contributed by atoms with E-state index in [4.69, 9.17) is 4.74 Å². The average Bonchev–Trinajstić information content (AvgIpc) is 3.60. The number of aryl methyl sites for hydroxylation is 1. The number of aliphatic hydroxyl groups is 1. The highest BCUT2D eigenvalue weighted by molar-refractivity contribution is 5.52. The van der Waals surface area contributed by atoms with Gasteiger partial charge in [-0.2, -0.15) is 0 Å². The van der Waals surface area contributed by atoms with Gasteiger partial charge in [0.25, 0.3) is 0 Å². The topological polar surface area (TPSA) is 73.2 Å². The Hall–Kier alpha value is -1.30. The number of phenols is 2. The summed E-state index contributed by atoms with van der Waals surface area (Å²) >= 11 is 0. The van der Waals surface area contributed by atoms with Crippen molar-refractivity contribution in [3.05, 3.63) is 23.3 Å². The van der Waals surface area contributed by atoms with Crippen LogP contribution in [0.2, 0.25) is 0 Å². The smallest absolute Gasteiger partial charge is 0.161 e. The molecule has 1 aliphatic rings. The van der Waals surface area contributed by atoms with E-state index >= 15 is 0 Å². The molecule has 1 aliphatic carbocycles. The van der Waals surface area contributed by atoms with E-state index in [1.807, 2.05) is 19.9 Å². The van der Waals surface area contributed by atoms with Crippen LogP contribution in [0.5, 0.6) is 11.5 Å². The molecule has 1 saturated carbocycles. The summed E-state index contributed by atoms with van der Waals surface area (Å²) in [6.07, 6.45) is 6.35. The maximum atomic E-state index is 11.4. The van der Waals surface area contributed by atoms with Crippen LogP contribution >= 0.6 is 0 Å². The number of ether oxygens (including phenoxy) is 1. The number of phenolic OH excluding ortho intramolecular Hbond substituents is 2. The van der Waals surface area contributed by atoms with Crippen molar-refractivity contribution < 1.29 is 20.1 Å². The van der Waals surface area contributed by atoms with Crippen molar-refractivity contribution in [3.8, 4) is 11.5 Å². The Morgan fingerprint density at radius 3 is 2.23 bits per heavy atom. The van der Waals surface area contributed by atoms with Gasteiger partial charge in [0.2, 0.25) is 0 Å². The molecule has 0 aromatic heterocycles. The van der Waals surface area contributed by atoms with Gasteiger partial charge in [-0.15, -0.1) is 0 Å². The van der Waals surface area contributed by atoms with Crippen LogP contribution in [0.4, 0.5) is 0 Å². The maximum absolute atomic E-state index is 11.4. The molecule has 0 saturated heterocycles. The lowest BCUT2D eigenvalue weighted by Gasteiger charge is -2.44. The summed E-state index contributed by atoms with van der Waals surface area (Å²) in [6, 6.07) is 3.87. The van der Waals surface area contributed by atoms with Crippen molar-refractivity contribution in [3.63, 3.8) is 0 Å². The quantitative estimate of drug-likeness (QED) is 0.262. The third kappa shape index (κ3) is 7.36. The van der Waals surface area contributed by atoms with Gasteiger partial charge >= 0.3 is 0 Å². The zero-order valence-electron chi connectivity index (χ0n) is 23.9. The Labute approximate surface area is 214 Å². The largest absolute Gasteiger partial charge is 0.504 e. The van der Waals surface area contributed by atoms with E-state index in [2.05, 4.69) is 46.4 Å². The van der Waals surface area contributed by atoms with Gasteiger partial charge in [-0.3, -0.25) is 0 Å². The standard InChI is InChI=1S/C30H53NO4/c1-10-29(7,26-21(2)11-16-25(32)27(26)33)17-18-31(19-23-13-14-23)22(3)12-15-24(20-35-9)30(8,34)28(4,5)6/h11,16,22-24,32-34H,10,12-15,17-20H2,1-9H3/t22?,24?,29?,30-/m0/s1. The van der Waals surface area contributed by atoms with E-state index in [1.54, 1.807) is 13.2 Å². The summed E-state index contributed by atoms with van der Waals surface area (Å²) in [5.74, 6) is 0.853. The molecule has 2 rings (SSSR count). The molecule has 0 aliphatic heterocycles. The van der Waals surface area contributed by atoms with Crippen molar-refractivity contribution in [2.75, 3.05) is 26.8 Å². The highest BCUT2D eigenvalue weighted by atomic mass is 16.5. The number of hydrogen-bond acceptors (Lipinski definition) is 5. The number of benzene rings is 1. The van der Waals surface area contributed by atoms with Gasteiger partial charge in [0.1, 0.15) is 0 Å². The van der Waals surface area contributed by atoms with Crippen LogP contribution in [-0.4, -0.2) is 58.7 Å². The van der Waals surface area contributed by atoms with Gasteiger partial charge in [0.05, 0.1) is 12.2 Å². The fraction of sp³-hybridized carbons (Fsp3) is 0.800. The molecule has 1 aromatic rings. The summed E-state index contributed by atoms with van der Waals surface area (Å²) < 4.78 is 5.52. The van der Waals surface area contributed by atoms with E-state index in [0.717, 1.165) is 55.8 Å². The molecule has 0 radical (unpaired) electrons. The molecule has 202 valence electrons. The molecule has 0 amide bonds. The van der Waals surface area contributed by atoms with Gasteiger partial charge in [0, 0.05) is 31.2 Å². The zero-order chi connectivity index (χ0) is 26.6. The molecule has 0 heterocycles. The second kappa shape index (κ2) is 11.8. The fourth-order valence-corrected chi connectivity index (χ4v) is 5.40. The molecule has 1 aromatic carbocycles. The number of nitrogens with zero attached hydrogens (tertiary/aromatic N) is 1. The number of rotatable bonds is 14. The maximum Gasteiger partial charge on any atom is 0.161 e. The van der Waals surface area contributed by atoms with Crippen molar-refractivity contribution in [1.82, 2.24) is 4.90 Å². The van der Waals surface area contributed by atoms with Crippen LogP contribution in [-0.2, 0) is 10.2 Å². The zero-order valence-corrected chi connectivity index (χ0v) is 23.9. The Morgan fingerprint density at radius 1 is 1.09 bits per heavy atom. The molecule has 3 N–H and O–H groups in total. The van der Waals surface area contributed by atoms with E-state index in [9.17, 15) is 15.3 Å². The minimum Gasteiger partial charge on any atom is -0.504 e. The summed E-state index contributed by atoms with van der Waals surface area (Å²) in [7, 11) is 1.72. The normalized spacial score (nSPS) is 19.9. The second-order valence-corrected chi connectivity index (χ2v) is 12.7. The summed E-state index contributed by atoms with van der Waals surface area (Å²) in [5.41, 5.74) is 0.647. The van der Waals surface area contributed by atoms with Crippen LogP contribution in [0.15, 0.2) is 12.1 Å². The van der Waals surface area contributed by atoms with Crippen LogP contribution in [0.3, 0.4) is 0 Å². The SMILES string of the molecule is CCC(C)(CCN(CC1CC1)C(C)CCC(COC)[C@](C)(O)C(C)(C)C)c1c(C)ccc(O)c1O. The summed E-state index contributed by atoms with van der Waals surface area (Å²) in [4.78, 5) is 2.62. The fourth-order valence-electron chi connectivity index (χ4n) is 5.40. The molecular weight excluding hydrogens is 438 g/mol. The van der Waals surface area contributed by atoms with Gasteiger partial charge in [-0.25, -0.2) is 0 Å². The first-order chi connectivity index (χ1) is 16.2. The highest BCUT2D eigenvalue weighted by Crippen LogP contribution is 2.44. The second-order valence-electron chi connectivity index (χ2n) is 12.7. The third-order valence-electron chi connectivity index (χ3n) is 9.13. The Balaban J connectivity index is 2.15. The first kappa shape index (κ1) is 29.9. The summed E-state index contributed by atoms with van der Waals surface area (Å²) in [6.45, 7) is 19.6. The monoisotopic (exact) mass is 491 g/mol. The summed E-state index contributed by atoms with van der Waals surface area (Å²) in [5, 5.41) is 32.2. The first-order valence-electron chi connectivity index (χ1n) is 13.6.